The summed E-state index contributed by atoms with van der Waals surface area (Å²) in [5, 5.41) is 24.7. The second-order valence-electron chi connectivity index (χ2n) is 5.50. The van der Waals surface area contributed by atoms with Crippen LogP contribution in [0.3, 0.4) is 0 Å². The number of hydrogen-bond donors (Lipinski definition) is 3. The number of aromatic hydroxyl groups is 1. The molecule has 0 aromatic heterocycles. The molecule has 0 spiro atoms. The summed E-state index contributed by atoms with van der Waals surface area (Å²) in [7, 11) is 0. The van der Waals surface area contributed by atoms with E-state index in [2.05, 4.69) is 5.32 Å². The smallest absolute Gasteiger partial charge is 0.120 e. The number of phenols is 1. The first kappa shape index (κ1) is 13.8. The van der Waals surface area contributed by atoms with Gasteiger partial charge in [-0.1, -0.05) is 30.3 Å². The fraction of sp³-hybridized carbons (Fsp3) is 0.375. The number of aliphatic hydroxyl groups is 1. The van der Waals surface area contributed by atoms with Crippen molar-refractivity contribution in [1.82, 2.24) is 5.32 Å². The minimum atomic E-state index is -0.155. The zero-order chi connectivity index (χ0) is 13.9. The van der Waals surface area contributed by atoms with Gasteiger partial charge in [-0.15, -0.1) is 0 Å². The lowest BCUT2D eigenvalue weighted by atomic mass is 9.99. The predicted molar refractivity (Wildman–Crippen MR) is 78.2 cm³/mol. The van der Waals surface area contributed by atoms with Crippen molar-refractivity contribution < 1.29 is 10.2 Å². The Morgan fingerprint density at radius 2 is 1.84 bits per heavy atom. The third-order valence-electron chi connectivity index (χ3n) is 3.50. The number of hydrogen-bond acceptors (Lipinski definition) is 3. The third kappa shape index (κ3) is 3.25. The molecule has 0 heterocycles. The highest BCUT2D eigenvalue weighted by atomic mass is 16.3. The van der Waals surface area contributed by atoms with Gasteiger partial charge in [0.25, 0.3) is 0 Å². The van der Waals surface area contributed by atoms with E-state index < -0.39 is 0 Å². The molecule has 3 heteroatoms. The molecule has 0 aliphatic rings. The standard InChI is InChI=1S/C16H21NO2/c1-16(2,9-10-18)17-11-14-13-6-4-3-5-12(13)7-8-15(14)19/h3-8,17-19H,9-11H2,1-2H3. The maximum absolute atomic E-state index is 10.0. The minimum Gasteiger partial charge on any atom is -0.508 e. The van der Waals surface area contributed by atoms with Crippen LogP contribution in [0.15, 0.2) is 36.4 Å². The highest BCUT2D eigenvalue weighted by Crippen LogP contribution is 2.27. The lowest BCUT2D eigenvalue weighted by molar-refractivity contribution is 0.230. The Kier molecular flexibility index (Phi) is 4.08. The van der Waals surface area contributed by atoms with Gasteiger partial charge in [0, 0.05) is 24.3 Å². The van der Waals surface area contributed by atoms with Crippen molar-refractivity contribution in [2.75, 3.05) is 6.61 Å². The minimum absolute atomic E-state index is 0.154. The maximum atomic E-state index is 10.0. The van der Waals surface area contributed by atoms with Gasteiger partial charge in [0.05, 0.1) is 0 Å². The Morgan fingerprint density at radius 3 is 2.58 bits per heavy atom. The van der Waals surface area contributed by atoms with Crippen molar-refractivity contribution in [2.45, 2.75) is 32.4 Å². The van der Waals surface area contributed by atoms with Crippen LogP contribution in [0.5, 0.6) is 5.75 Å². The molecule has 19 heavy (non-hydrogen) atoms. The van der Waals surface area contributed by atoms with Gasteiger partial charge in [-0.05, 0) is 37.1 Å². The average molecular weight is 259 g/mol. The summed E-state index contributed by atoms with van der Waals surface area (Å²) in [6.45, 7) is 4.83. The Balaban J connectivity index is 2.27. The zero-order valence-corrected chi connectivity index (χ0v) is 11.5. The van der Waals surface area contributed by atoms with Gasteiger partial charge in [0.2, 0.25) is 0 Å². The lowest BCUT2D eigenvalue weighted by Crippen LogP contribution is -2.39. The van der Waals surface area contributed by atoms with E-state index in [-0.39, 0.29) is 12.1 Å². The van der Waals surface area contributed by atoms with E-state index in [4.69, 9.17) is 5.11 Å². The monoisotopic (exact) mass is 259 g/mol. The van der Waals surface area contributed by atoms with E-state index in [1.54, 1.807) is 6.07 Å². The third-order valence-corrected chi connectivity index (χ3v) is 3.50. The first-order chi connectivity index (χ1) is 9.03. The normalized spacial score (nSPS) is 11.9. The Bertz CT molecular complexity index is 564. The fourth-order valence-electron chi connectivity index (χ4n) is 2.21. The molecule has 0 radical (unpaired) electrons. The van der Waals surface area contributed by atoms with Gasteiger partial charge >= 0.3 is 0 Å². The van der Waals surface area contributed by atoms with Crippen LogP contribution in [0.2, 0.25) is 0 Å². The number of fused-ring (bicyclic) bond motifs is 1. The first-order valence-electron chi connectivity index (χ1n) is 6.59. The van der Waals surface area contributed by atoms with Crippen LogP contribution >= 0.6 is 0 Å². The second-order valence-corrected chi connectivity index (χ2v) is 5.50. The summed E-state index contributed by atoms with van der Waals surface area (Å²) < 4.78 is 0. The highest BCUT2D eigenvalue weighted by Gasteiger charge is 2.17. The highest BCUT2D eigenvalue weighted by molar-refractivity contribution is 5.87. The van der Waals surface area contributed by atoms with Crippen LogP contribution in [0, 0.1) is 0 Å². The van der Waals surface area contributed by atoms with Crippen molar-refractivity contribution in [1.29, 1.82) is 0 Å². The summed E-state index contributed by atoms with van der Waals surface area (Å²) in [6.07, 6.45) is 0.679. The molecule has 0 amide bonds. The van der Waals surface area contributed by atoms with Gasteiger partial charge in [-0.3, -0.25) is 0 Å². The zero-order valence-electron chi connectivity index (χ0n) is 11.5. The molecule has 2 aromatic carbocycles. The van der Waals surface area contributed by atoms with Crippen molar-refractivity contribution in [3.8, 4) is 5.75 Å². The van der Waals surface area contributed by atoms with Crippen LogP contribution in [-0.2, 0) is 6.54 Å². The molecule has 2 rings (SSSR count). The van der Waals surface area contributed by atoms with Crippen molar-refractivity contribution >= 4 is 10.8 Å². The quantitative estimate of drug-likeness (QED) is 0.774. The number of phenolic OH excluding ortho intramolecular Hbond substituents is 1. The molecule has 0 fully saturated rings. The molecule has 3 N–H and O–H groups in total. The van der Waals surface area contributed by atoms with Gasteiger partial charge < -0.3 is 15.5 Å². The molecule has 102 valence electrons. The van der Waals surface area contributed by atoms with Crippen LogP contribution in [-0.4, -0.2) is 22.4 Å². The number of rotatable bonds is 5. The van der Waals surface area contributed by atoms with Crippen molar-refractivity contribution in [3.63, 3.8) is 0 Å². The molecular formula is C16H21NO2. The molecule has 3 nitrogen and oxygen atoms in total. The van der Waals surface area contributed by atoms with Crippen LogP contribution < -0.4 is 5.32 Å². The first-order valence-corrected chi connectivity index (χ1v) is 6.59. The number of benzene rings is 2. The molecule has 0 aliphatic heterocycles. The number of aliphatic hydroxyl groups excluding tert-OH is 1. The molecular weight excluding hydrogens is 238 g/mol. The van der Waals surface area contributed by atoms with Gasteiger partial charge in [-0.2, -0.15) is 0 Å². The molecule has 0 bridgehead atoms. The largest absolute Gasteiger partial charge is 0.508 e. The summed E-state index contributed by atoms with van der Waals surface area (Å²) in [6, 6.07) is 11.7. The Morgan fingerprint density at radius 1 is 1.11 bits per heavy atom. The Hall–Kier alpha value is -1.58. The summed E-state index contributed by atoms with van der Waals surface area (Å²) in [4.78, 5) is 0. The van der Waals surface area contributed by atoms with E-state index in [0.29, 0.717) is 18.7 Å². The van der Waals surface area contributed by atoms with Crippen LogP contribution in [0.4, 0.5) is 0 Å². The predicted octanol–water partition coefficient (Wildman–Crippen LogP) is 2.80. The molecule has 0 unspecified atom stereocenters. The van der Waals surface area contributed by atoms with Crippen molar-refractivity contribution in [3.05, 3.63) is 42.0 Å². The van der Waals surface area contributed by atoms with Crippen molar-refractivity contribution in [2.24, 2.45) is 0 Å². The molecule has 0 aliphatic carbocycles. The van der Waals surface area contributed by atoms with Gasteiger partial charge in [0.1, 0.15) is 5.75 Å². The van der Waals surface area contributed by atoms with E-state index >= 15 is 0 Å². The molecule has 0 saturated carbocycles. The lowest BCUT2D eigenvalue weighted by Gasteiger charge is -2.26. The van der Waals surface area contributed by atoms with E-state index in [0.717, 1.165) is 16.3 Å². The summed E-state index contributed by atoms with van der Waals surface area (Å²) in [5.74, 6) is 0.311. The average Bonchev–Trinajstić information content (AvgIpc) is 2.37. The number of nitrogens with one attached hydrogen (secondary N) is 1. The topological polar surface area (TPSA) is 52.5 Å². The SMILES string of the molecule is CC(C)(CCO)NCc1c(O)ccc2ccccc12. The van der Waals surface area contributed by atoms with Gasteiger partial charge in [-0.25, -0.2) is 0 Å². The van der Waals surface area contributed by atoms with E-state index in [1.165, 1.54) is 0 Å². The van der Waals surface area contributed by atoms with Crippen LogP contribution in [0.1, 0.15) is 25.8 Å². The summed E-state index contributed by atoms with van der Waals surface area (Å²) in [5.41, 5.74) is 0.752. The fourth-order valence-corrected chi connectivity index (χ4v) is 2.21. The molecule has 2 aromatic rings. The van der Waals surface area contributed by atoms with E-state index in [1.807, 2.05) is 44.2 Å². The molecule has 0 saturated heterocycles. The van der Waals surface area contributed by atoms with Gasteiger partial charge in [0.15, 0.2) is 0 Å². The maximum Gasteiger partial charge on any atom is 0.120 e. The second kappa shape index (κ2) is 5.59. The molecule has 0 atom stereocenters. The van der Waals surface area contributed by atoms with Crippen LogP contribution in [0.25, 0.3) is 10.8 Å². The summed E-state index contributed by atoms with van der Waals surface area (Å²) >= 11 is 0. The Labute approximate surface area is 113 Å². The van der Waals surface area contributed by atoms with E-state index in [9.17, 15) is 5.11 Å².